The number of allylic oxidation sites excluding steroid dienone is 1. The lowest BCUT2D eigenvalue weighted by Gasteiger charge is -2.13. The Kier molecular flexibility index (Phi) is 6.78. The standard InChI is InChI=1S/C18H25N3O2/c1-2-12-19-17(22)15-9-6-10-16(21-15)18(23)20-13-11-14-7-4-3-5-8-14/h6-7,9-10H,2-5,8,11-13H2,1H3,(H,19,22)(H,20,23). The van der Waals surface area contributed by atoms with Gasteiger partial charge in [-0.1, -0.05) is 24.6 Å². The van der Waals surface area contributed by atoms with Crippen molar-refractivity contribution in [3.05, 3.63) is 41.2 Å². The zero-order valence-electron chi connectivity index (χ0n) is 13.7. The van der Waals surface area contributed by atoms with E-state index in [4.69, 9.17) is 0 Å². The van der Waals surface area contributed by atoms with E-state index in [9.17, 15) is 9.59 Å². The molecule has 0 aromatic carbocycles. The van der Waals surface area contributed by atoms with E-state index in [0.29, 0.717) is 13.1 Å². The zero-order chi connectivity index (χ0) is 16.5. The predicted molar refractivity (Wildman–Crippen MR) is 90.4 cm³/mol. The van der Waals surface area contributed by atoms with E-state index in [0.717, 1.165) is 25.7 Å². The number of carbonyl (C=O) groups excluding carboxylic acids is 2. The van der Waals surface area contributed by atoms with E-state index >= 15 is 0 Å². The van der Waals surface area contributed by atoms with Crippen LogP contribution in [-0.4, -0.2) is 29.9 Å². The molecule has 0 atom stereocenters. The summed E-state index contributed by atoms with van der Waals surface area (Å²) in [5.74, 6) is -0.472. The van der Waals surface area contributed by atoms with E-state index in [2.05, 4.69) is 21.7 Å². The normalized spacial score (nSPS) is 14.0. The predicted octanol–water partition coefficient (Wildman–Crippen LogP) is 2.84. The number of pyridine rings is 1. The fourth-order valence-corrected chi connectivity index (χ4v) is 2.58. The first-order valence-electron chi connectivity index (χ1n) is 8.42. The SMILES string of the molecule is CCCNC(=O)c1cccc(C(=O)NCCC2=CCCCC2)n1. The largest absolute Gasteiger partial charge is 0.351 e. The molecule has 124 valence electrons. The number of rotatable bonds is 7. The first-order chi connectivity index (χ1) is 11.2. The van der Waals surface area contributed by atoms with Crippen molar-refractivity contribution in [1.29, 1.82) is 0 Å². The second-order valence-corrected chi connectivity index (χ2v) is 5.78. The Morgan fingerprint density at radius 3 is 2.39 bits per heavy atom. The van der Waals surface area contributed by atoms with Gasteiger partial charge in [0.05, 0.1) is 0 Å². The summed E-state index contributed by atoms with van der Waals surface area (Å²) in [5, 5.41) is 5.64. The summed E-state index contributed by atoms with van der Waals surface area (Å²) >= 11 is 0. The summed E-state index contributed by atoms with van der Waals surface area (Å²) < 4.78 is 0. The van der Waals surface area contributed by atoms with Crippen molar-refractivity contribution < 1.29 is 9.59 Å². The number of nitrogens with one attached hydrogen (secondary N) is 2. The molecule has 5 heteroatoms. The van der Waals surface area contributed by atoms with Crippen LogP contribution in [0.2, 0.25) is 0 Å². The minimum atomic E-state index is -0.242. The maximum atomic E-state index is 12.2. The molecule has 5 nitrogen and oxygen atoms in total. The molecule has 1 aromatic rings. The molecular formula is C18H25N3O2. The van der Waals surface area contributed by atoms with Gasteiger partial charge in [-0.2, -0.15) is 0 Å². The number of nitrogens with zero attached hydrogens (tertiary/aromatic N) is 1. The van der Waals surface area contributed by atoms with Gasteiger partial charge in [0.15, 0.2) is 0 Å². The van der Waals surface area contributed by atoms with Crippen LogP contribution in [0.4, 0.5) is 0 Å². The Labute approximate surface area is 137 Å². The molecule has 0 radical (unpaired) electrons. The van der Waals surface area contributed by atoms with Crippen LogP contribution in [-0.2, 0) is 0 Å². The highest BCUT2D eigenvalue weighted by Gasteiger charge is 2.12. The zero-order valence-corrected chi connectivity index (χ0v) is 13.7. The minimum Gasteiger partial charge on any atom is -0.351 e. The van der Waals surface area contributed by atoms with E-state index in [1.807, 2.05) is 6.92 Å². The second-order valence-electron chi connectivity index (χ2n) is 5.78. The van der Waals surface area contributed by atoms with Crippen molar-refractivity contribution in [2.24, 2.45) is 0 Å². The Balaban J connectivity index is 1.86. The molecule has 2 N–H and O–H groups in total. The highest BCUT2D eigenvalue weighted by molar-refractivity contribution is 5.96. The van der Waals surface area contributed by atoms with Gasteiger partial charge >= 0.3 is 0 Å². The van der Waals surface area contributed by atoms with Crippen molar-refractivity contribution in [2.45, 2.75) is 45.4 Å². The summed E-state index contributed by atoms with van der Waals surface area (Å²) in [5.41, 5.74) is 1.99. The summed E-state index contributed by atoms with van der Waals surface area (Å²) in [6.07, 6.45) is 8.85. The average Bonchev–Trinajstić information content (AvgIpc) is 2.60. The van der Waals surface area contributed by atoms with E-state index < -0.39 is 0 Å². The molecule has 0 unspecified atom stereocenters. The maximum Gasteiger partial charge on any atom is 0.269 e. The third-order valence-electron chi connectivity index (χ3n) is 3.87. The molecule has 0 saturated heterocycles. The van der Waals surface area contributed by atoms with Gasteiger partial charge in [0.1, 0.15) is 11.4 Å². The van der Waals surface area contributed by atoms with Crippen molar-refractivity contribution >= 4 is 11.8 Å². The van der Waals surface area contributed by atoms with E-state index in [1.54, 1.807) is 18.2 Å². The first kappa shape index (κ1) is 17.2. The van der Waals surface area contributed by atoms with Crippen LogP contribution in [0.25, 0.3) is 0 Å². The summed E-state index contributed by atoms with van der Waals surface area (Å²) in [6, 6.07) is 4.94. The molecule has 1 heterocycles. The molecule has 0 fully saturated rings. The van der Waals surface area contributed by atoms with E-state index in [1.165, 1.54) is 18.4 Å². The lowest BCUT2D eigenvalue weighted by atomic mass is 9.97. The molecule has 1 aliphatic carbocycles. The average molecular weight is 315 g/mol. The molecule has 23 heavy (non-hydrogen) atoms. The number of hydrogen-bond donors (Lipinski definition) is 2. The van der Waals surface area contributed by atoms with Gasteiger partial charge in [-0.15, -0.1) is 0 Å². The number of hydrogen-bond acceptors (Lipinski definition) is 3. The molecule has 0 bridgehead atoms. The fourth-order valence-electron chi connectivity index (χ4n) is 2.58. The molecule has 0 spiro atoms. The highest BCUT2D eigenvalue weighted by atomic mass is 16.2. The number of aromatic nitrogens is 1. The molecule has 0 saturated carbocycles. The smallest absolute Gasteiger partial charge is 0.269 e. The van der Waals surface area contributed by atoms with Crippen molar-refractivity contribution in [3.8, 4) is 0 Å². The molecule has 2 rings (SSSR count). The van der Waals surface area contributed by atoms with Gasteiger partial charge in [-0.3, -0.25) is 9.59 Å². The topological polar surface area (TPSA) is 71.1 Å². The molecular weight excluding hydrogens is 290 g/mol. The van der Waals surface area contributed by atoms with E-state index in [-0.39, 0.29) is 23.2 Å². The molecule has 0 aliphatic heterocycles. The second kappa shape index (κ2) is 9.08. The monoisotopic (exact) mass is 315 g/mol. The quantitative estimate of drug-likeness (QED) is 0.760. The molecule has 2 amide bonds. The van der Waals surface area contributed by atoms with Crippen molar-refractivity contribution in [1.82, 2.24) is 15.6 Å². The van der Waals surface area contributed by atoms with Gasteiger partial charge in [-0.05, 0) is 50.7 Å². The van der Waals surface area contributed by atoms with Crippen LogP contribution >= 0.6 is 0 Å². The maximum absolute atomic E-state index is 12.2. The summed E-state index contributed by atoms with van der Waals surface area (Å²) in [4.78, 5) is 28.2. The van der Waals surface area contributed by atoms with Crippen LogP contribution in [0.1, 0.15) is 66.4 Å². The summed E-state index contributed by atoms with van der Waals surface area (Å²) in [7, 11) is 0. The van der Waals surface area contributed by atoms with Crippen LogP contribution in [0.3, 0.4) is 0 Å². The Morgan fingerprint density at radius 1 is 1.09 bits per heavy atom. The van der Waals surface area contributed by atoms with Gasteiger partial charge in [0.25, 0.3) is 11.8 Å². The van der Waals surface area contributed by atoms with Crippen LogP contribution in [0.5, 0.6) is 0 Å². The lowest BCUT2D eigenvalue weighted by molar-refractivity contribution is 0.0944. The fraction of sp³-hybridized carbons (Fsp3) is 0.500. The van der Waals surface area contributed by atoms with Crippen LogP contribution in [0.15, 0.2) is 29.8 Å². The molecule has 1 aliphatic rings. The van der Waals surface area contributed by atoms with Gasteiger partial charge < -0.3 is 10.6 Å². The van der Waals surface area contributed by atoms with Crippen LogP contribution < -0.4 is 10.6 Å². The highest BCUT2D eigenvalue weighted by Crippen LogP contribution is 2.19. The number of amides is 2. The summed E-state index contributed by atoms with van der Waals surface area (Å²) in [6.45, 7) is 3.20. The third kappa shape index (κ3) is 5.51. The van der Waals surface area contributed by atoms with Crippen molar-refractivity contribution in [2.75, 3.05) is 13.1 Å². The first-order valence-corrected chi connectivity index (χ1v) is 8.42. The Hall–Kier alpha value is -2.17. The van der Waals surface area contributed by atoms with Gasteiger partial charge in [-0.25, -0.2) is 4.98 Å². The van der Waals surface area contributed by atoms with Gasteiger partial charge in [0, 0.05) is 13.1 Å². The third-order valence-corrected chi connectivity index (χ3v) is 3.87. The van der Waals surface area contributed by atoms with Crippen LogP contribution in [0, 0.1) is 0 Å². The van der Waals surface area contributed by atoms with Gasteiger partial charge in [0.2, 0.25) is 0 Å². The number of carbonyl (C=O) groups is 2. The Bertz CT molecular complexity index is 581. The molecule has 1 aromatic heterocycles. The Morgan fingerprint density at radius 2 is 1.78 bits per heavy atom. The lowest BCUT2D eigenvalue weighted by Crippen LogP contribution is -2.28. The minimum absolute atomic E-state index is 0.230. The van der Waals surface area contributed by atoms with Crippen molar-refractivity contribution in [3.63, 3.8) is 0 Å².